The van der Waals surface area contributed by atoms with Crippen molar-refractivity contribution < 1.29 is 14.7 Å². The number of aliphatic carboxylic acids is 1. The van der Waals surface area contributed by atoms with Crippen LogP contribution in [0.4, 0.5) is 17.1 Å². The van der Waals surface area contributed by atoms with Gasteiger partial charge in [0.2, 0.25) is 0 Å². The number of para-hydroxylation sites is 1. The number of unbranched alkanes of at least 4 members (excludes halogenated alkanes) is 5. The van der Waals surface area contributed by atoms with Crippen LogP contribution in [0.5, 0.6) is 0 Å². The van der Waals surface area contributed by atoms with Gasteiger partial charge in [-0.3, -0.25) is 4.79 Å². The summed E-state index contributed by atoms with van der Waals surface area (Å²) < 4.78 is 0. The molecule has 5 rings (SSSR count). The van der Waals surface area contributed by atoms with Crippen molar-refractivity contribution in [1.82, 2.24) is 0 Å². The molecule has 0 fully saturated rings. The summed E-state index contributed by atoms with van der Waals surface area (Å²) in [5.74, 6) is -1.66. The molecule has 0 unspecified atom stereocenters. The van der Waals surface area contributed by atoms with Gasteiger partial charge in [0.05, 0.1) is 11.3 Å². The number of hydrogen-bond acceptors (Lipinski definition) is 4. The Kier molecular flexibility index (Phi) is 8.74. The first-order valence-corrected chi connectivity index (χ1v) is 14.5. The quantitative estimate of drug-likeness (QED) is 0.203. The maximum Gasteiger partial charge on any atom is 0.357 e. The SMILES string of the molecule is CCCCCCCCc1ccc(N2CCCc3cc(C=C4C(=O)N(c5ccccc5)N=C4C(=O)O)ccc32)cc1. The van der Waals surface area contributed by atoms with Crippen LogP contribution in [0.3, 0.4) is 0 Å². The number of amides is 1. The summed E-state index contributed by atoms with van der Waals surface area (Å²) >= 11 is 0. The van der Waals surface area contributed by atoms with Crippen LogP contribution >= 0.6 is 0 Å². The van der Waals surface area contributed by atoms with Gasteiger partial charge in [0, 0.05) is 17.9 Å². The van der Waals surface area contributed by atoms with Gasteiger partial charge in [0.1, 0.15) is 0 Å². The summed E-state index contributed by atoms with van der Waals surface area (Å²) in [4.78, 5) is 27.5. The second kappa shape index (κ2) is 12.8. The van der Waals surface area contributed by atoms with Crippen LogP contribution in [0.2, 0.25) is 0 Å². The number of carboxylic acids is 1. The van der Waals surface area contributed by atoms with Crippen molar-refractivity contribution in [3.05, 3.63) is 95.1 Å². The first-order chi connectivity index (χ1) is 19.5. The Morgan fingerprint density at radius 2 is 1.68 bits per heavy atom. The molecule has 2 aliphatic heterocycles. The van der Waals surface area contributed by atoms with E-state index in [9.17, 15) is 14.7 Å². The standard InChI is InChI=1S/C34H37N3O3/c1-2-3-4-5-6-8-12-25-16-19-28(20-17-25)36-22-11-13-27-23-26(18-21-31(27)36)24-30-32(34(39)40)35-37(33(30)38)29-14-9-7-10-15-29/h7,9-10,14-21,23-24H,2-6,8,11-13,22H2,1H3,(H,39,40). The van der Waals surface area contributed by atoms with Gasteiger partial charge in [-0.1, -0.05) is 75.4 Å². The lowest BCUT2D eigenvalue weighted by Gasteiger charge is -2.31. The number of aryl methyl sites for hydroxylation is 2. The van der Waals surface area contributed by atoms with Gasteiger partial charge in [-0.25, -0.2) is 4.79 Å². The van der Waals surface area contributed by atoms with E-state index in [0.717, 1.165) is 42.1 Å². The highest BCUT2D eigenvalue weighted by molar-refractivity contribution is 6.53. The first kappa shape index (κ1) is 27.4. The minimum absolute atomic E-state index is 0.0879. The lowest BCUT2D eigenvalue weighted by molar-refractivity contribution is -0.129. The van der Waals surface area contributed by atoms with Gasteiger partial charge in [-0.2, -0.15) is 10.1 Å². The molecular weight excluding hydrogens is 498 g/mol. The van der Waals surface area contributed by atoms with Crippen LogP contribution in [0.15, 0.2) is 83.5 Å². The molecule has 0 radical (unpaired) electrons. The smallest absolute Gasteiger partial charge is 0.357 e. The van der Waals surface area contributed by atoms with Crippen LogP contribution in [0, 0.1) is 0 Å². The van der Waals surface area contributed by atoms with Crippen molar-refractivity contribution >= 4 is 40.7 Å². The van der Waals surface area contributed by atoms with E-state index < -0.39 is 11.9 Å². The summed E-state index contributed by atoms with van der Waals surface area (Å²) in [6.45, 7) is 3.20. The van der Waals surface area contributed by atoms with Gasteiger partial charge in [0.15, 0.2) is 5.71 Å². The highest BCUT2D eigenvalue weighted by atomic mass is 16.4. The average molecular weight is 536 g/mol. The fourth-order valence-electron chi connectivity index (χ4n) is 5.54. The summed E-state index contributed by atoms with van der Waals surface area (Å²) in [5, 5.41) is 15.0. The van der Waals surface area contributed by atoms with Crippen LogP contribution < -0.4 is 9.91 Å². The Balaban J connectivity index is 1.31. The highest BCUT2D eigenvalue weighted by Gasteiger charge is 2.35. The predicted molar refractivity (Wildman–Crippen MR) is 162 cm³/mol. The molecule has 6 heteroatoms. The Morgan fingerprint density at radius 3 is 2.42 bits per heavy atom. The zero-order chi connectivity index (χ0) is 27.9. The van der Waals surface area contributed by atoms with Crippen LogP contribution in [0.25, 0.3) is 6.08 Å². The zero-order valence-electron chi connectivity index (χ0n) is 23.2. The first-order valence-electron chi connectivity index (χ1n) is 14.5. The number of nitrogens with zero attached hydrogens (tertiary/aromatic N) is 3. The topological polar surface area (TPSA) is 73.2 Å². The summed E-state index contributed by atoms with van der Waals surface area (Å²) in [6.07, 6.45) is 12.6. The molecular formula is C34H37N3O3. The fourth-order valence-corrected chi connectivity index (χ4v) is 5.54. The Hall–Kier alpha value is -4.19. The molecule has 0 bridgehead atoms. The van der Waals surface area contributed by atoms with E-state index in [1.807, 2.05) is 12.1 Å². The van der Waals surface area contributed by atoms with Gasteiger partial charge in [0.25, 0.3) is 5.91 Å². The van der Waals surface area contributed by atoms with Gasteiger partial charge < -0.3 is 10.0 Å². The van der Waals surface area contributed by atoms with Crippen molar-refractivity contribution in [3.8, 4) is 0 Å². The minimum Gasteiger partial charge on any atom is -0.476 e. The van der Waals surface area contributed by atoms with E-state index in [4.69, 9.17) is 0 Å². The second-order valence-corrected chi connectivity index (χ2v) is 10.6. The number of carbonyl (C=O) groups excluding carboxylic acids is 1. The largest absolute Gasteiger partial charge is 0.476 e. The Morgan fingerprint density at radius 1 is 0.925 bits per heavy atom. The molecule has 1 amide bonds. The van der Waals surface area contributed by atoms with Gasteiger partial charge >= 0.3 is 5.97 Å². The van der Waals surface area contributed by atoms with Crippen molar-refractivity contribution in [2.24, 2.45) is 5.10 Å². The molecule has 0 spiro atoms. The van der Waals surface area contributed by atoms with E-state index in [1.54, 1.807) is 30.3 Å². The maximum atomic E-state index is 13.2. The summed E-state index contributed by atoms with van der Waals surface area (Å²) in [5.41, 5.74) is 6.10. The van der Waals surface area contributed by atoms with E-state index in [0.29, 0.717) is 5.69 Å². The molecule has 0 aliphatic carbocycles. The van der Waals surface area contributed by atoms with E-state index in [-0.39, 0.29) is 11.3 Å². The van der Waals surface area contributed by atoms with Crippen LogP contribution in [-0.4, -0.2) is 29.2 Å². The molecule has 0 saturated heterocycles. The van der Waals surface area contributed by atoms with Gasteiger partial charge in [-0.05, 0) is 84.8 Å². The number of carbonyl (C=O) groups is 2. The monoisotopic (exact) mass is 535 g/mol. The normalized spacial score (nSPS) is 15.9. The third kappa shape index (κ3) is 6.17. The summed E-state index contributed by atoms with van der Waals surface area (Å²) in [6, 6.07) is 23.9. The second-order valence-electron chi connectivity index (χ2n) is 10.6. The Bertz CT molecular complexity index is 1410. The molecule has 0 saturated carbocycles. The molecule has 206 valence electrons. The lowest BCUT2D eigenvalue weighted by Crippen LogP contribution is -2.24. The van der Waals surface area contributed by atoms with Crippen LogP contribution in [0.1, 0.15) is 68.6 Å². The van der Waals surface area contributed by atoms with Crippen molar-refractivity contribution in [2.45, 2.75) is 64.7 Å². The number of carboxylic acid groups (broad SMARTS) is 1. The number of rotatable bonds is 11. The average Bonchev–Trinajstić information content (AvgIpc) is 3.31. The van der Waals surface area contributed by atoms with Crippen molar-refractivity contribution in [2.75, 3.05) is 16.5 Å². The highest BCUT2D eigenvalue weighted by Crippen LogP contribution is 2.35. The molecule has 6 nitrogen and oxygen atoms in total. The third-order valence-electron chi connectivity index (χ3n) is 7.68. The van der Waals surface area contributed by atoms with Gasteiger partial charge in [-0.15, -0.1) is 0 Å². The Labute approximate surface area is 236 Å². The number of benzene rings is 3. The molecule has 2 heterocycles. The summed E-state index contributed by atoms with van der Waals surface area (Å²) in [7, 11) is 0. The molecule has 2 aliphatic rings. The molecule has 3 aromatic carbocycles. The van der Waals surface area contributed by atoms with Crippen LogP contribution in [-0.2, 0) is 22.4 Å². The lowest BCUT2D eigenvalue weighted by atomic mass is 9.96. The van der Waals surface area contributed by atoms with E-state index in [2.05, 4.69) is 53.3 Å². The third-order valence-corrected chi connectivity index (χ3v) is 7.68. The number of hydrogen-bond donors (Lipinski definition) is 1. The maximum absolute atomic E-state index is 13.2. The predicted octanol–water partition coefficient (Wildman–Crippen LogP) is 7.54. The van der Waals surface area contributed by atoms with E-state index >= 15 is 0 Å². The molecule has 0 atom stereocenters. The zero-order valence-corrected chi connectivity index (χ0v) is 23.2. The number of anilines is 3. The van der Waals surface area contributed by atoms with Crippen molar-refractivity contribution in [3.63, 3.8) is 0 Å². The minimum atomic E-state index is -1.22. The molecule has 1 N–H and O–H groups in total. The molecule has 40 heavy (non-hydrogen) atoms. The molecule has 0 aromatic heterocycles. The molecule has 3 aromatic rings. The number of hydrazone groups is 1. The number of fused-ring (bicyclic) bond motifs is 1. The van der Waals surface area contributed by atoms with Crippen molar-refractivity contribution in [1.29, 1.82) is 0 Å². The van der Waals surface area contributed by atoms with E-state index in [1.165, 1.54) is 55.3 Å². The fraction of sp³-hybridized carbons (Fsp3) is 0.324.